The smallest absolute Gasteiger partial charge is 0.333 e. The van der Waals surface area contributed by atoms with Gasteiger partial charge in [-0.2, -0.15) is 13.2 Å². The Labute approximate surface area is 128 Å². The van der Waals surface area contributed by atoms with E-state index in [0.29, 0.717) is 29.6 Å². The highest BCUT2D eigenvalue weighted by atomic mass is 32.2. The minimum atomic E-state index is -4.41. The highest BCUT2D eigenvalue weighted by molar-refractivity contribution is 7.99. The molecular formula is C13H13F3N4OS. The Bertz CT molecular complexity index is 700. The second-order valence-corrected chi connectivity index (χ2v) is 5.93. The van der Waals surface area contributed by atoms with Gasteiger partial charge in [0.05, 0.1) is 11.4 Å². The Balaban J connectivity index is 1.80. The number of likely N-dealkylation sites (tertiary alicyclic amines) is 1. The molecule has 0 atom stereocenters. The number of rotatable bonds is 3. The van der Waals surface area contributed by atoms with Gasteiger partial charge in [-0.3, -0.25) is 9.20 Å². The van der Waals surface area contributed by atoms with E-state index in [0.717, 1.165) is 25.1 Å². The summed E-state index contributed by atoms with van der Waals surface area (Å²) in [5, 5.41) is 8.09. The van der Waals surface area contributed by atoms with Crippen LogP contribution in [0.1, 0.15) is 24.8 Å². The molecule has 9 heteroatoms. The fourth-order valence-electron chi connectivity index (χ4n) is 2.27. The number of alkyl halides is 3. The summed E-state index contributed by atoms with van der Waals surface area (Å²) in [6, 6.07) is 2.26. The third-order valence-corrected chi connectivity index (χ3v) is 4.45. The molecule has 1 fully saturated rings. The first-order valence-corrected chi connectivity index (χ1v) is 7.76. The van der Waals surface area contributed by atoms with Gasteiger partial charge in [-0.15, -0.1) is 10.2 Å². The van der Waals surface area contributed by atoms with Crippen LogP contribution < -0.4 is 0 Å². The van der Waals surface area contributed by atoms with Gasteiger partial charge < -0.3 is 4.90 Å². The zero-order valence-electron chi connectivity index (χ0n) is 11.5. The van der Waals surface area contributed by atoms with Crippen molar-refractivity contribution in [1.82, 2.24) is 19.5 Å². The molecule has 0 radical (unpaired) electrons. The lowest BCUT2D eigenvalue weighted by molar-refractivity contribution is -0.138. The van der Waals surface area contributed by atoms with E-state index in [2.05, 4.69) is 10.2 Å². The number of hydrogen-bond donors (Lipinski definition) is 0. The minimum Gasteiger partial charge on any atom is -0.333 e. The number of thioether (sulfide) groups is 1. The first-order chi connectivity index (χ1) is 10.4. The third-order valence-electron chi connectivity index (χ3n) is 3.47. The summed E-state index contributed by atoms with van der Waals surface area (Å²) in [5.74, 6) is 0.444. The number of amides is 1. The topological polar surface area (TPSA) is 50.5 Å². The van der Waals surface area contributed by atoms with Gasteiger partial charge in [0.25, 0.3) is 0 Å². The van der Waals surface area contributed by atoms with Crippen LogP contribution in [0, 0.1) is 0 Å². The largest absolute Gasteiger partial charge is 0.417 e. The van der Waals surface area contributed by atoms with Gasteiger partial charge in [0.1, 0.15) is 0 Å². The molecule has 1 aliphatic rings. The lowest BCUT2D eigenvalue weighted by Gasteiger charge is -2.25. The van der Waals surface area contributed by atoms with E-state index in [1.165, 1.54) is 22.2 Å². The molecule has 0 aromatic carbocycles. The second kappa shape index (κ2) is 5.79. The monoisotopic (exact) mass is 330 g/mol. The van der Waals surface area contributed by atoms with E-state index in [1.54, 1.807) is 4.90 Å². The number of halogens is 3. The highest BCUT2D eigenvalue weighted by Crippen LogP contribution is 2.30. The van der Waals surface area contributed by atoms with Crippen LogP contribution >= 0.6 is 11.8 Å². The van der Waals surface area contributed by atoms with Crippen LogP contribution in [0.3, 0.4) is 0 Å². The second-order valence-electron chi connectivity index (χ2n) is 5.01. The normalized spacial score (nSPS) is 16.5. The number of carbonyl (C=O) groups excluding carboxylic acids is 1. The molecule has 5 nitrogen and oxygen atoms in total. The fraction of sp³-hybridized carbons (Fsp3) is 0.462. The van der Waals surface area contributed by atoms with Crippen LogP contribution in [-0.4, -0.2) is 37.8 Å². The summed E-state index contributed by atoms with van der Waals surface area (Å²) < 4.78 is 39.6. The third kappa shape index (κ3) is 3.03. The highest BCUT2D eigenvalue weighted by Gasteiger charge is 2.31. The number of nitrogens with zero attached hydrogens (tertiary/aromatic N) is 4. The lowest BCUT2D eigenvalue weighted by atomic mass is 10.1. The standard InChI is InChI=1S/C13H13F3N4OS/c14-13(15,16)9-4-5-10-17-18-12(20(10)7-9)22-8-19-6-2-1-3-11(19)21/h4-5,7H,1-3,6,8H2. The predicted octanol–water partition coefficient (Wildman–Crippen LogP) is 2.81. The summed E-state index contributed by atoms with van der Waals surface area (Å²) in [7, 11) is 0. The molecule has 118 valence electrons. The van der Waals surface area contributed by atoms with E-state index in [4.69, 9.17) is 0 Å². The molecule has 3 heterocycles. The quantitative estimate of drug-likeness (QED) is 0.812. The van der Waals surface area contributed by atoms with Crippen LogP contribution in [0.2, 0.25) is 0 Å². The summed E-state index contributed by atoms with van der Waals surface area (Å²) in [4.78, 5) is 13.4. The van der Waals surface area contributed by atoms with Crippen molar-refractivity contribution in [3.63, 3.8) is 0 Å². The molecular weight excluding hydrogens is 317 g/mol. The maximum absolute atomic E-state index is 12.8. The maximum atomic E-state index is 12.8. The van der Waals surface area contributed by atoms with Crippen molar-refractivity contribution in [1.29, 1.82) is 0 Å². The van der Waals surface area contributed by atoms with Crippen molar-refractivity contribution < 1.29 is 18.0 Å². The molecule has 22 heavy (non-hydrogen) atoms. The van der Waals surface area contributed by atoms with Gasteiger partial charge >= 0.3 is 6.18 Å². The van der Waals surface area contributed by atoms with Crippen LogP contribution in [0.5, 0.6) is 0 Å². The van der Waals surface area contributed by atoms with E-state index in [-0.39, 0.29) is 5.91 Å². The van der Waals surface area contributed by atoms with E-state index in [9.17, 15) is 18.0 Å². The molecule has 2 aromatic heterocycles. The lowest BCUT2D eigenvalue weighted by Crippen LogP contribution is -2.34. The number of pyridine rings is 1. The Morgan fingerprint density at radius 2 is 2.05 bits per heavy atom. The molecule has 0 spiro atoms. The van der Waals surface area contributed by atoms with Crippen molar-refractivity contribution in [2.24, 2.45) is 0 Å². The van der Waals surface area contributed by atoms with Gasteiger partial charge in [0, 0.05) is 19.2 Å². The van der Waals surface area contributed by atoms with Crippen molar-refractivity contribution in [3.05, 3.63) is 23.9 Å². The number of hydrogen-bond acceptors (Lipinski definition) is 4. The molecule has 0 aliphatic carbocycles. The average Bonchev–Trinajstić information content (AvgIpc) is 2.88. The van der Waals surface area contributed by atoms with Crippen LogP contribution in [0.25, 0.3) is 5.65 Å². The van der Waals surface area contributed by atoms with Gasteiger partial charge in [-0.1, -0.05) is 11.8 Å². The summed E-state index contributed by atoms with van der Waals surface area (Å²) >= 11 is 1.21. The molecule has 0 bridgehead atoms. The Kier molecular flexibility index (Phi) is 3.98. The first-order valence-electron chi connectivity index (χ1n) is 6.78. The summed E-state index contributed by atoms with van der Waals surface area (Å²) in [6.45, 7) is 0.677. The van der Waals surface area contributed by atoms with Crippen molar-refractivity contribution in [2.75, 3.05) is 12.4 Å². The van der Waals surface area contributed by atoms with Crippen molar-refractivity contribution >= 4 is 23.3 Å². The maximum Gasteiger partial charge on any atom is 0.417 e. The minimum absolute atomic E-state index is 0.0727. The van der Waals surface area contributed by atoms with Crippen LogP contribution in [0.4, 0.5) is 13.2 Å². The van der Waals surface area contributed by atoms with Crippen molar-refractivity contribution in [2.45, 2.75) is 30.6 Å². The number of carbonyl (C=O) groups is 1. The van der Waals surface area contributed by atoms with Crippen molar-refractivity contribution in [3.8, 4) is 0 Å². The molecule has 3 rings (SSSR count). The van der Waals surface area contributed by atoms with Crippen LogP contribution in [-0.2, 0) is 11.0 Å². The van der Waals surface area contributed by atoms with Gasteiger partial charge in [-0.25, -0.2) is 0 Å². The van der Waals surface area contributed by atoms with E-state index in [1.807, 2.05) is 0 Å². The summed E-state index contributed by atoms with van der Waals surface area (Å²) in [5.41, 5.74) is -0.406. The van der Waals surface area contributed by atoms with E-state index < -0.39 is 11.7 Å². The molecule has 1 amide bonds. The molecule has 0 N–H and O–H groups in total. The average molecular weight is 330 g/mol. The fourth-order valence-corrected chi connectivity index (χ4v) is 3.20. The number of piperidine rings is 1. The number of fused-ring (bicyclic) bond motifs is 1. The zero-order chi connectivity index (χ0) is 15.7. The van der Waals surface area contributed by atoms with E-state index >= 15 is 0 Å². The SMILES string of the molecule is O=C1CCCCN1CSc1nnc2ccc(C(F)(F)F)cn12. The van der Waals surface area contributed by atoms with Gasteiger partial charge in [0.2, 0.25) is 5.91 Å². The molecule has 0 unspecified atom stereocenters. The molecule has 2 aromatic rings. The van der Waals surface area contributed by atoms with Gasteiger partial charge in [-0.05, 0) is 25.0 Å². The molecule has 0 saturated carbocycles. The Morgan fingerprint density at radius 3 is 2.77 bits per heavy atom. The zero-order valence-corrected chi connectivity index (χ0v) is 12.3. The Hall–Kier alpha value is -1.77. The molecule has 1 aliphatic heterocycles. The van der Waals surface area contributed by atoms with Crippen LogP contribution in [0.15, 0.2) is 23.5 Å². The molecule has 1 saturated heterocycles. The number of aromatic nitrogens is 3. The van der Waals surface area contributed by atoms with Gasteiger partial charge in [0.15, 0.2) is 10.8 Å². The first kappa shape index (κ1) is 15.1. The Morgan fingerprint density at radius 1 is 1.23 bits per heavy atom. The summed E-state index contributed by atoms with van der Waals surface area (Å²) in [6.07, 6.45) is -1.06. The predicted molar refractivity (Wildman–Crippen MR) is 74.3 cm³/mol.